The maximum Gasteiger partial charge on any atom is 0.159 e. The number of ether oxygens (including phenoxy) is 2. The standard InChI is InChI=1S/C15H22O2/c1-5-6-11-12-8-7-10(2)13(12)9-14(11)15(16-3)17-4/h1,7-8,10-15H,6,9H2,2-4H3/t10-,11+,12+,13+,14+/m0/s1. The molecule has 94 valence electrons. The van der Waals surface area contributed by atoms with Crippen LogP contribution in [0.1, 0.15) is 19.8 Å². The lowest BCUT2D eigenvalue weighted by atomic mass is 9.85. The Hall–Kier alpha value is -0.780. The normalized spacial score (nSPS) is 39.6. The molecule has 0 aromatic carbocycles. The fourth-order valence-electron chi connectivity index (χ4n) is 3.73. The Morgan fingerprint density at radius 3 is 2.65 bits per heavy atom. The second-order valence-corrected chi connectivity index (χ2v) is 5.30. The van der Waals surface area contributed by atoms with Crippen molar-refractivity contribution in [2.45, 2.75) is 26.1 Å². The highest BCUT2D eigenvalue weighted by Crippen LogP contribution is 2.52. The molecule has 2 aliphatic rings. The molecule has 1 fully saturated rings. The van der Waals surface area contributed by atoms with Gasteiger partial charge in [0.2, 0.25) is 0 Å². The Morgan fingerprint density at radius 1 is 1.35 bits per heavy atom. The number of terminal acetylenes is 1. The zero-order valence-electron chi connectivity index (χ0n) is 10.9. The van der Waals surface area contributed by atoms with Crippen LogP contribution in [0, 0.1) is 41.9 Å². The van der Waals surface area contributed by atoms with Crippen LogP contribution in [0.2, 0.25) is 0 Å². The van der Waals surface area contributed by atoms with Gasteiger partial charge in [-0.25, -0.2) is 0 Å². The van der Waals surface area contributed by atoms with Crippen LogP contribution in [0.3, 0.4) is 0 Å². The first kappa shape index (κ1) is 12.7. The van der Waals surface area contributed by atoms with Gasteiger partial charge in [-0.15, -0.1) is 12.3 Å². The van der Waals surface area contributed by atoms with Crippen molar-refractivity contribution in [3.63, 3.8) is 0 Å². The molecule has 0 heterocycles. The van der Waals surface area contributed by atoms with Crippen LogP contribution in [0.15, 0.2) is 12.2 Å². The molecule has 2 nitrogen and oxygen atoms in total. The molecular formula is C15H22O2. The maximum atomic E-state index is 5.52. The summed E-state index contributed by atoms with van der Waals surface area (Å²) in [6.45, 7) is 2.30. The van der Waals surface area contributed by atoms with E-state index in [0.29, 0.717) is 23.7 Å². The summed E-state index contributed by atoms with van der Waals surface area (Å²) in [5, 5.41) is 0. The van der Waals surface area contributed by atoms with Crippen LogP contribution >= 0.6 is 0 Å². The Morgan fingerprint density at radius 2 is 2.06 bits per heavy atom. The molecule has 17 heavy (non-hydrogen) atoms. The molecule has 2 aliphatic carbocycles. The molecule has 0 bridgehead atoms. The van der Waals surface area contributed by atoms with Gasteiger partial charge in [-0.3, -0.25) is 0 Å². The maximum absolute atomic E-state index is 5.52. The minimum absolute atomic E-state index is 0.112. The minimum Gasteiger partial charge on any atom is -0.356 e. The summed E-state index contributed by atoms with van der Waals surface area (Å²) in [6, 6.07) is 0. The van der Waals surface area contributed by atoms with Gasteiger partial charge >= 0.3 is 0 Å². The fraction of sp³-hybridized carbons (Fsp3) is 0.733. The largest absolute Gasteiger partial charge is 0.356 e. The summed E-state index contributed by atoms with van der Waals surface area (Å²) in [5.41, 5.74) is 0. The van der Waals surface area contributed by atoms with E-state index in [-0.39, 0.29) is 6.29 Å². The van der Waals surface area contributed by atoms with E-state index in [4.69, 9.17) is 15.9 Å². The first-order valence-electron chi connectivity index (χ1n) is 6.40. The third-order valence-electron chi connectivity index (χ3n) is 4.56. The highest BCUT2D eigenvalue weighted by atomic mass is 16.7. The van der Waals surface area contributed by atoms with Crippen LogP contribution < -0.4 is 0 Å². The lowest BCUT2D eigenvalue weighted by Gasteiger charge is -2.27. The van der Waals surface area contributed by atoms with Crippen LogP contribution in [0.25, 0.3) is 0 Å². The van der Waals surface area contributed by atoms with Gasteiger partial charge < -0.3 is 9.47 Å². The highest BCUT2D eigenvalue weighted by Gasteiger charge is 2.48. The molecule has 0 spiro atoms. The van der Waals surface area contributed by atoms with Crippen molar-refractivity contribution in [2.24, 2.45) is 29.6 Å². The molecule has 5 atom stereocenters. The van der Waals surface area contributed by atoms with Crippen LogP contribution in [-0.2, 0) is 9.47 Å². The van der Waals surface area contributed by atoms with Crippen LogP contribution in [0.4, 0.5) is 0 Å². The molecule has 0 unspecified atom stereocenters. The number of rotatable bonds is 4. The van der Waals surface area contributed by atoms with E-state index >= 15 is 0 Å². The highest BCUT2D eigenvalue weighted by molar-refractivity contribution is 5.14. The monoisotopic (exact) mass is 234 g/mol. The molecule has 1 saturated carbocycles. The predicted octanol–water partition coefficient (Wildman–Crippen LogP) is 2.70. The van der Waals surface area contributed by atoms with Gasteiger partial charge in [-0.2, -0.15) is 0 Å². The first-order valence-corrected chi connectivity index (χ1v) is 6.40. The molecule has 2 heteroatoms. The van der Waals surface area contributed by atoms with E-state index in [1.165, 1.54) is 0 Å². The average molecular weight is 234 g/mol. The number of fused-ring (bicyclic) bond motifs is 1. The zero-order chi connectivity index (χ0) is 12.4. The van der Waals surface area contributed by atoms with E-state index in [2.05, 4.69) is 25.0 Å². The first-order chi connectivity index (χ1) is 8.22. The molecular weight excluding hydrogens is 212 g/mol. The third kappa shape index (κ3) is 2.14. The van der Waals surface area contributed by atoms with E-state index < -0.39 is 0 Å². The van der Waals surface area contributed by atoms with Gasteiger partial charge in [0, 0.05) is 26.6 Å². The summed E-state index contributed by atoms with van der Waals surface area (Å²) >= 11 is 0. The van der Waals surface area contributed by atoms with Crippen molar-refractivity contribution in [2.75, 3.05) is 14.2 Å². The summed E-state index contributed by atoms with van der Waals surface area (Å²) in [6.07, 6.45) is 12.1. The van der Waals surface area contributed by atoms with Gasteiger partial charge in [-0.1, -0.05) is 19.1 Å². The van der Waals surface area contributed by atoms with Gasteiger partial charge in [-0.05, 0) is 30.1 Å². The number of hydrogen-bond donors (Lipinski definition) is 0. The Kier molecular flexibility index (Phi) is 3.91. The molecule has 2 rings (SSSR count). The quantitative estimate of drug-likeness (QED) is 0.423. The predicted molar refractivity (Wildman–Crippen MR) is 68.1 cm³/mol. The zero-order valence-corrected chi connectivity index (χ0v) is 10.9. The summed E-state index contributed by atoms with van der Waals surface area (Å²) in [4.78, 5) is 0. The molecule has 0 aromatic rings. The molecule has 0 N–H and O–H groups in total. The molecule has 0 amide bonds. The summed E-state index contributed by atoms with van der Waals surface area (Å²) in [5.74, 6) is 5.79. The van der Waals surface area contributed by atoms with Crippen molar-refractivity contribution in [3.05, 3.63) is 12.2 Å². The molecule has 0 aliphatic heterocycles. The molecule has 0 aromatic heterocycles. The SMILES string of the molecule is C#CC[C@@H]1[C@H]2C=C[C@H](C)[C@H]2C[C@H]1C(OC)OC. The van der Waals surface area contributed by atoms with Crippen LogP contribution in [0.5, 0.6) is 0 Å². The molecule has 0 saturated heterocycles. The lowest BCUT2D eigenvalue weighted by molar-refractivity contribution is -0.146. The Bertz CT molecular complexity index is 324. The van der Waals surface area contributed by atoms with Crippen molar-refractivity contribution in [3.8, 4) is 12.3 Å². The van der Waals surface area contributed by atoms with Crippen molar-refractivity contribution < 1.29 is 9.47 Å². The fourth-order valence-corrected chi connectivity index (χ4v) is 3.73. The average Bonchev–Trinajstić information content (AvgIpc) is 2.85. The summed E-state index contributed by atoms with van der Waals surface area (Å²) in [7, 11) is 3.43. The molecule has 0 radical (unpaired) electrons. The minimum atomic E-state index is -0.112. The van der Waals surface area contributed by atoms with Gasteiger partial charge in [0.05, 0.1) is 0 Å². The van der Waals surface area contributed by atoms with Crippen LogP contribution in [-0.4, -0.2) is 20.5 Å². The van der Waals surface area contributed by atoms with E-state index in [0.717, 1.165) is 18.8 Å². The second kappa shape index (κ2) is 5.25. The van der Waals surface area contributed by atoms with Gasteiger partial charge in [0.15, 0.2) is 6.29 Å². The Labute approximate surface area is 104 Å². The Balaban J connectivity index is 2.17. The van der Waals surface area contributed by atoms with Gasteiger partial charge in [0.25, 0.3) is 0 Å². The van der Waals surface area contributed by atoms with Crippen molar-refractivity contribution in [1.29, 1.82) is 0 Å². The number of methoxy groups -OCH3 is 2. The smallest absolute Gasteiger partial charge is 0.159 e. The number of hydrogen-bond acceptors (Lipinski definition) is 2. The number of allylic oxidation sites excluding steroid dienone is 2. The van der Waals surface area contributed by atoms with E-state index in [9.17, 15) is 0 Å². The van der Waals surface area contributed by atoms with Gasteiger partial charge in [0.1, 0.15) is 0 Å². The van der Waals surface area contributed by atoms with Crippen molar-refractivity contribution >= 4 is 0 Å². The summed E-state index contributed by atoms with van der Waals surface area (Å²) < 4.78 is 10.9. The second-order valence-electron chi connectivity index (χ2n) is 5.30. The van der Waals surface area contributed by atoms with E-state index in [1.807, 2.05) is 0 Å². The van der Waals surface area contributed by atoms with E-state index in [1.54, 1.807) is 14.2 Å². The third-order valence-corrected chi connectivity index (χ3v) is 4.56. The van der Waals surface area contributed by atoms with Crippen molar-refractivity contribution in [1.82, 2.24) is 0 Å². The topological polar surface area (TPSA) is 18.5 Å². The lowest BCUT2D eigenvalue weighted by Crippen LogP contribution is -2.29.